The first-order valence-electron chi connectivity index (χ1n) is 9.80. The van der Waals surface area contributed by atoms with E-state index < -0.39 is 0 Å². The van der Waals surface area contributed by atoms with E-state index in [0.717, 1.165) is 29.4 Å². The van der Waals surface area contributed by atoms with Crippen molar-refractivity contribution < 1.29 is 4.74 Å². The van der Waals surface area contributed by atoms with Crippen LogP contribution >= 0.6 is 0 Å². The molecule has 3 rings (SSSR count). The number of benzene rings is 1. The molecule has 1 atom stereocenters. The third-order valence-electron chi connectivity index (χ3n) is 5.38. The van der Waals surface area contributed by atoms with Gasteiger partial charge in [-0.05, 0) is 65.8 Å². The Balaban J connectivity index is 1.75. The predicted molar refractivity (Wildman–Crippen MR) is 112 cm³/mol. The zero-order valence-corrected chi connectivity index (χ0v) is 17.9. The number of methoxy groups -OCH3 is 1. The van der Waals surface area contributed by atoms with Crippen molar-refractivity contribution >= 4 is 0 Å². The second-order valence-electron chi connectivity index (χ2n) is 7.59. The summed E-state index contributed by atoms with van der Waals surface area (Å²) in [5.41, 5.74) is 6.97. The van der Waals surface area contributed by atoms with E-state index in [0.29, 0.717) is 6.04 Å². The molecule has 0 saturated carbocycles. The van der Waals surface area contributed by atoms with E-state index in [1.807, 2.05) is 35.1 Å². The van der Waals surface area contributed by atoms with Gasteiger partial charge in [0.25, 0.3) is 0 Å². The molecule has 0 aliphatic heterocycles. The van der Waals surface area contributed by atoms with Crippen molar-refractivity contribution in [2.75, 3.05) is 7.11 Å². The highest BCUT2D eigenvalue weighted by Crippen LogP contribution is 2.23. The maximum atomic E-state index is 5.24. The van der Waals surface area contributed by atoms with E-state index in [4.69, 9.17) is 4.74 Å². The SMILES string of the molecule is COc1ccc(-n2ncc([C@@H](C)NCc3c(C)nn(C(C)C)c3C)c2C)cc1. The molecule has 28 heavy (non-hydrogen) atoms. The summed E-state index contributed by atoms with van der Waals surface area (Å²) in [5, 5.41) is 12.9. The summed E-state index contributed by atoms with van der Waals surface area (Å²) in [5.74, 6) is 0.844. The van der Waals surface area contributed by atoms with Crippen molar-refractivity contribution in [3.05, 3.63) is 58.7 Å². The van der Waals surface area contributed by atoms with Crippen molar-refractivity contribution in [3.63, 3.8) is 0 Å². The molecule has 6 nitrogen and oxygen atoms in total. The van der Waals surface area contributed by atoms with Gasteiger partial charge in [0.05, 0.1) is 24.7 Å². The molecule has 6 heteroatoms. The molecule has 0 aliphatic rings. The van der Waals surface area contributed by atoms with E-state index in [9.17, 15) is 0 Å². The maximum absolute atomic E-state index is 5.24. The minimum absolute atomic E-state index is 0.188. The second-order valence-corrected chi connectivity index (χ2v) is 7.59. The van der Waals surface area contributed by atoms with E-state index in [2.05, 4.69) is 61.7 Å². The van der Waals surface area contributed by atoms with Crippen LogP contribution in [0.4, 0.5) is 0 Å². The van der Waals surface area contributed by atoms with Crippen molar-refractivity contribution in [2.24, 2.45) is 0 Å². The lowest BCUT2D eigenvalue weighted by Crippen LogP contribution is -2.19. The van der Waals surface area contributed by atoms with Crippen LogP contribution in [0.2, 0.25) is 0 Å². The Kier molecular flexibility index (Phi) is 5.89. The van der Waals surface area contributed by atoms with Gasteiger partial charge in [-0.15, -0.1) is 0 Å². The summed E-state index contributed by atoms with van der Waals surface area (Å²) < 4.78 is 9.32. The number of nitrogens with one attached hydrogen (secondary N) is 1. The van der Waals surface area contributed by atoms with Crippen LogP contribution < -0.4 is 10.1 Å². The summed E-state index contributed by atoms with van der Waals surface area (Å²) >= 11 is 0. The molecule has 0 spiro atoms. The number of nitrogens with zero attached hydrogens (tertiary/aromatic N) is 4. The van der Waals surface area contributed by atoms with Crippen LogP contribution in [0.1, 0.15) is 61.1 Å². The fourth-order valence-electron chi connectivity index (χ4n) is 3.65. The Labute approximate surface area is 167 Å². The van der Waals surface area contributed by atoms with E-state index >= 15 is 0 Å². The van der Waals surface area contributed by atoms with Gasteiger partial charge in [0.15, 0.2) is 0 Å². The zero-order valence-electron chi connectivity index (χ0n) is 17.9. The molecule has 0 amide bonds. The standard InChI is InChI=1S/C22H31N5O/c1-14(2)26-17(5)21(16(4)25-26)12-23-15(3)22-13-24-27(18(22)6)19-8-10-20(28-7)11-9-19/h8-11,13-15,23H,12H2,1-7H3/t15-/m1/s1. The molecular weight excluding hydrogens is 350 g/mol. The van der Waals surface area contributed by atoms with Gasteiger partial charge in [-0.3, -0.25) is 4.68 Å². The molecule has 0 fully saturated rings. The third-order valence-corrected chi connectivity index (χ3v) is 5.38. The second kappa shape index (κ2) is 8.19. The number of rotatable bonds is 7. The molecule has 0 radical (unpaired) electrons. The summed E-state index contributed by atoms with van der Waals surface area (Å²) in [7, 11) is 1.67. The predicted octanol–water partition coefficient (Wildman–Crippen LogP) is 4.43. The highest BCUT2D eigenvalue weighted by Gasteiger charge is 2.17. The van der Waals surface area contributed by atoms with Gasteiger partial charge < -0.3 is 10.1 Å². The highest BCUT2D eigenvalue weighted by molar-refractivity contribution is 5.39. The average Bonchev–Trinajstić information content (AvgIpc) is 3.20. The molecule has 1 N–H and O–H groups in total. The monoisotopic (exact) mass is 381 g/mol. The molecule has 0 aliphatic carbocycles. The highest BCUT2D eigenvalue weighted by atomic mass is 16.5. The fraction of sp³-hybridized carbons (Fsp3) is 0.455. The van der Waals surface area contributed by atoms with Gasteiger partial charge in [0.1, 0.15) is 5.75 Å². The number of aryl methyl sites for hydroxylation is 1. The molecular formula is C22H31N5O. The number of aromatic nitrogens is 4. The Morgan fingerprint density at radius 2 is 1.71 bits per heavy atom. The Hall–Kier alpha value is -2.60. The van der Waals surface area contributed by atoms with Gasteiger partial charge in [-0.2, -0.15) is 10.2 Å². The van der Waals surface area contributed by atoms with E-state index in [1.165, 1.54) is 16.8 Å². The topological polar surface area (TPSA) is 56.9 Å². The summed E-state index contributed by atoms with van der Waals surface area (Å²) in [6.45, 7) is 13.6. The lowest BCUT2D eigenvalue weighted by molar-refractivity contribution is 0.414. The Bertz CT molecular complexity index is 937. The van der Waals surface area contributed by atoms with Gasteiger partial charge in [-0.1, -0.05) is 0 Å². The van der Waals surface area contributed by atoms with Crippen LogP contribution in [0.3, 0.4) is 0 Å². The minimum Gasteiger partial charge on any atom is -0.497 e. The van der Waals surface area contributed by atoms with E-state index in [-0.39, 0.29) is 6.04 Å². The van der Waals surface area contributed by atoms with Crippen molar-refractivity contribution in [2.45, 2.75) is 60.2 Å². The molecule has 150 valence electrons. The van der Waals surface area contributed by atoms with Crippen LogP contribution in [0.25, 0.3) is 5.69 Å². The number of hydrogen-bond donors (Lipinski definition) is 1. The molecule has 2 aromatic heterocycles. The fourth-order valence-corrected chi connectivity index (χ4v) is 3.65. The van der Waals surface area contributed by atoms with Crippen LogP contribution in [-0.2, 0) is 6.54 Å². The first-order valence-corrected chi connectivity index (χ1v) is 9.80. The van der Waals surface area contributed by atoms with Crippen molar-refractivity contribution in [1.29, 1.82) is 0 Å². The molecule has 1 aromatic carbocycles. The smallest absolute Gasteiger partial charge is 0.119 e. The van der Waals surface area contributed by atoms with Crippen LogP contribution in [0, 0.1) is 20.8 Å². The molecule has 0 bridgehead atoms. The van der Waals surface area contributed by atoms with Crippen LogP contribution in [0.5, 0.6) is 5.75 Å². The first kappa shape index (κ1) is 20.1. The van der Waals surface area contributed by atoms with Crippen LogP contribution in [0.15, 0.2) is 30.5 Å². The number of ether oxygens (including phenoxy) is 1. The normalized spacial score (nSPS) is 12.6. The third kappa shape index (κ3) is 3.83. The van der Waals surface area contributed by atoms with Gasteiger partial charge >= 0.3 is 0 Å². The average molecular weight is 382 g/mol. The molecule has 3 aromatic rings. The first-order chi connectivity index (χ1) is 13.3. The quantitative estimate of drug-likeness (QED) is 0.658. The summed E-state index contributed by atoms with van der Waals surface area (Å²) in [6.07, 6.45) is 1.95. The van der Waals surface area contributed by atoms with Gasteiger partial charge in [0, 0.05) is 41.1 Å². The van der Waals surface area contributed by atoms with Crippen molar-refractivity contribution in [1.82, 2.24) is 24.9 Å². The largest absolute Gasteiger partial charge is 0.497 e. The molecule has 0 saturated heterocycles. The summed E-state index contributed by atoms with van der Waals surface area (Å²) in [6, 6.07) is 8.51. The molecule has 0 unspecified atom stereocenters. The lowest BCUT2D eigenvalue weighted by atomic mass is 10.1. The van der Waals surface area contributed by atoms with Crippen molar-refractivity contribution in [3.8, 4) is 11.4 Å². The Morgan fingerprint density at radius 3 is 2.29 bits per heavy atom. The van der Waals surface area contributed by atoms with Gasteiger partial charge in [-0.25, -0.2) is 4.68 Å². The number of hydrogen-bond acceptors (Lipinski definition) is 4. The molecule has 2 heterocycles. The van der Waals surface area contributed by atoms with Crippen LogP contribution in [-0.4, -0.2) is 26.7 Å². The summed E-state index contributed by atoms with van der Waals surface area (Å²) in [4.78, 5) is 0. The Morgan fingerprint density at radius 1 is 1.04 bits per heavy atom. The van der Waals surface area contributed by atoms with E-state index in [1.54, 1.807) is 7.11 Å². The minimum atomic E-state index is 0.188. The zero-order chi connectivity index (χ0) is 20.4. The van der Waals surface area contributed by atoms with Gasteiger partial charge in [0.2, 0.25) is 0 Å². The lowest BCUT2D eigenvalue weighted by Gasteiger charge is -2.15. The maximum Gasteiger partial charge on any atom is 0.119 e.